The molecule has 0 bridgehead atoms. The number of hydrogen-bond donors (Lipinski definition) is 0. The molecule has 1 aliphatic rings. The molecule has 0 saturated carbocycles. The lowest BCUT2D eigenvalue weighted by atomic mass is 9.95. The van der Waals surface area contributed by atoms with Gasteiger partial charge in [-0.2, -0.15) is 0 Å². The molecule has 2 rings (SSSR count). The second-order valence-electron chi connectivity index (χ2n) is 4.41. The molecule has 1 nitrogen and oxygen atoms in total. The molecule has 0 aromatic carbocycles. The molecule has 70 valence electrons. The number of rotatable bonds is 2. The van der Waals surface area contributed by atoms with E-state index in [2.05, 4.69) is 31.0 Å². The number of nitrogens with zero attached hydrogens (tertiary/aromatic N) is 1. The Morgan fingerprint density at radius 3 is 3.15 bits per heavy atom. The van der Waals surface area contributed by atoms with E-state index in [-0.39, 0.29) is 0 Å². The van der Waals surface area contributed by atoms with Crippen molar-refractivity contribution in [2.75, 3.05) is 0 Å². The summed E-state index contributed by atoms with van der Waals surface area (Å²) in [6.45, 7) is 4.59. The number of fused-ring (bicyclic) bond motifs is 1. The smallest absolute Gasteiger partial charge is 0.0466 e. The van der Waals surface area contributed by atoms with Crippen LogP contribution >= 0.6 is 0 Å². The van der Waals surface area contributed by atoms with Crippen molar-refractivity contribution >= 4 is 0 Å². The molecule has 13 heavy (non-hydrogen) atoms. The van der Waals surface area contributed by atoms with E-state index in [0.29, 0.717) is 0 Å². The minimum atomic E-state index is 0.733. The highest BCUT2D eigenvalue weighted by Crippen LogP contribution is 2.35. The van der Waals surface area contributed by atoms with Crippen LogP contribution < -0.4 is 0 Å². The van der Waals surface area contributed by atoms with E-state index in [0.717, 1.165) is 11.8 Å². The van der Waals surface area contributed by atoms with Gasteiger partial charge in [-0.25, -0.2) is 0 Å². The summed E-state index contributed by atoms with van der Waals surface area (Å²) < 4.78 is 0. The van der Waals surface area contributed by atoms with E-state index in [1.54, 1.807) is 0 Å². The Morgan fingerprint density at radius 1 is 1.54 bits per heavy atom. The fraction of sp³-hybridized carbons (Fsp3) is 0.583. The predicted molar refractivity (Wildman–Crippen MR) is 54.8 cm³/mol. The fourth-order valence-electron chi connectivity index (χ4n) is 2.29. The van der Waals surface area contributed by atoms with Gasteiger partial charge in [0, 0.05) is 17.8 Å². The molecule has 0 saturated heterocycles. The van der Waals surface area contributed by atoms with Crippen LogP contribution in [0.1, 0.15) is 43.9 Å². The molecule has 1 aromatic heterocycles. The van der Waals surface area contributed by atoms with Crippen molar-refractivity contribution in [2.24, 2.45) is 5.92 Å². The maximum absolute atomic E-state index is 4.49. The normalized spacial score (nSPS) is 20.7. The summed E-state index contributed by atoms with van der Waals surface area (Å²) in [6.07, 6.45) is 5.77. The third kappa shape index (κ3) is 1.74. The highest BCUT2D eigenvalue weighted by molar-refractivity contribution is 5.28. The van der Waals surface area contributed by atoms with Crippen molar-refractivity contribution in [3.8, 4) is 0 Å². The minimum absolute atomic E-state index is 0.733. The second kappa shape index (κ2) is 3.49. The molecule has 0 N–H and O–H groups in total. The van der Waals surface area contributed by atoms with Crippen LogP contribution in [0.2, 0.25) is 0 Å². The third-order valence-corrected chi connectivity index (χ3v) is 2.83. The summed E-state index contributed by atoms with van der Waals surface area (Å²) in [5, 5.41) is 0. The number of pyridine rings is 1. The maximum Gasteiger partial charge on any atom is 0.0466 e. The number of aryl methyl sites for hydroxylation is 1. The summed E-state index contributed by atoms with van der Waals surface area (Å²) in [5.74, 6) is 1.52. The highest BCUT2D eigenvalue weighted by atomic mass is 14.7. The molecule has 1 aromatic rings. The Balaban J connectivity index is 2.18. The Morgan fingerprint density at radius 2 is 2.38 bits per heavy atom. The molecule has 1 heteroatoms. The van der Waals surface area contributed by atoms with Crippen molar-refractivity contribution in [1.82, 2.24) is 4.98 Å². The van der Waals surface area contributed by atoms with Gasteiger partial charge in [-0.05, 0) is 36.8 Å². The Kier molecular flexibility index (Phi) is 2.34. The topological polar surface area (TPSA) is 12.9 Å². The largest absolute Gasteiger partial charge is 0.261 e. The molecule has 0 spiro atoms. The van der Waals surface area contributed by atoms with E-state index in [1.807, 2.05) is 6.20 Å². The van der Waals surface area contributed by atoms with Gasteiger partial charge in [0.05, 0.1) is 0 Å². The monoisotopic (exact) mass is 175 g/mol. The van der Waals surface area contributed by atoms with Gasteiger partial charge < -0.3 is 0 Å². The van der Waals surface area contributed by atoms with Crippen molar-refractivity contribution < 1.29 is 0 Å². The van der Waals surface area contributed by atoms with Crippen molar-refractivity contribution in [3.63, 3.8) is 0 Å². The van der Waals surface area contributed by atoms with E-state index in [9.17, 15) is 0 Å². The van der Waals surface area contributed by atoms with Crippen LogP contribution in [0, 0.1) is 5.92 Å². The SMILES string of the molecule is CC(C)C[C@H]1CCc2cccnc21. The summed E-state index contributed by atoms with van der Waals surface area (Å²) in [7, 11) is 0. The lowest BCUT2D eigenvalue weighted by molar-refractivity contribution is 0.491. The second-order valence-corrected chi connectivity index (χ2v) is 4.41. The zero-order valence-corrected chi connectivity index (χ0v) is 8.46. The zero-order chi connectivity index (χ0) is 9.26. The van der Waals surface area contributed by atoms with Gasteiger partial charge in [-0.1, -0.05) is 19.9 Å². The van der Waals surface area contributed by atoms with Gasteiger partial charge in [-0.3, -0.25) is 4.98 Å². The Hall–Kier alpha value is -0.850. The molecule has 0 unspecified atom stereocenters. The van der Waals surface area contributed by atoms with Crippen LogP contribution in [-0.2, 0) is 6.42 Å². The van der Waals surface area contributed by atoms with Crippen molar-refractivity contribution in [1.29, 1.82) is 0 Å². The Labute approximate surface area is 80.2 Å². The summed E-state index contributed by atoms with van der Waals surface area (Å²) in [5.41, 5.74) is 2.85. The standard InChI is InChI=1S/C12H17N/c1-9(2)8-11-6-5-10-4-3-7-13-12(10)11/h3-4,7,9,11H,5-6,8H2,1-2H3/t11-/m1/s1. The molecule has 1 heterocycles. The fourth-order valence-corrected chi connectivity index (χ4v) is 2.29. The van der Waals surface area contributed by atoms with Crippen molar-refractivity contribution in [3.05, 3.63) is 29.6 Å². The summed E-state index contributed by atoms with van der Waals surface area (Å²) >= 11 is 0. The first-order chi connectivity index (χ1) is 6.27. The van der Waals surface area contributed by atoms with Crippen LogP contribution in [-0.4, -0.2) is 4.98 Å². The average Bonchev–Trinajstić information content (AvgIpc) is 2.48. The molecule has 0 radical (unpaired) electrons. The molecule has 1 atom stereocenters. The van der Waals surface area contributed by atoms with Crippen LogP contribution in [0.3, 0.4) is 0 Å². The van der Waals surface area contributed by atoms with E-state index in [1.165, 1.54) is 30.5 Å². The molecule has 0 amide bonds. The van der Waals surface area contributed by atoms with Gasteiger partial charge in [0.2, 0.25) is 0 Å². The lowest BCUT2D eigenvalue weighted by Crippen LogP contribution is -2.00. The average molecular weight is 175 g/mol. The molecular weight excluding hydrogens is 158 g/mol. The van der Waals surface area contributed by atoms with Gasteiger partial charge in [0.25, 0.3) is 0 Å². The van der Waals surface area contributed by atoms with E-state index in [4.69, 9.17) is 0 Å². The van der Waals surface area contributed by atoms with Gasteiger partial charge >= 0.3 is 0 Å². The lowest BCUT2D eigenvalue weighted by Gasteiger charge is -2.12. The zero-order valence-electron chi connectivity index (χ0n) is 8.46. The van der Waals surface area contributed by atoms with Gasteiger partial charge in [-0.15, -0.1) is 0 Å². The molecular formula is C12H17N. The first-order valence-electron chi connectivity index (χ1n) is 5.21. The van der Waals surface area contributed by atoms with E-state index >= 15 is 0 Å². The highest BCUT2D eigenvalue weighted by Gasteiger charge is 2.23. The van der Waals surface area contributed by atoms with Crippen LogP contribution in [0.25, 0.3) is 0 Å². The minimum Gasteiger partial charge on any atom is -0.261 e. The summed E-state index contributed by atoms with van der Waals surface area (Å²) in [6, 6.07) is 4.28. The van der Waals surface area contributed by atoms with Crippen LogP contribution in [0.5, 0.6) is 0 Å². The number of hydrogen-bond acceptors (Lipinski definition) is 1. The maximum atomic E-state index is 4.49. The van der Waals surface area contributed by atoms with Crippen LogP contribution in [0.15, 0.2) is 18.3 Å². The van der Waals surface area contributed by atoms with Crippen LogP contribution in [0.4, 0.5) is 0 Å². The van der Waals surface area contributed by atoms with Gasteiger partial charge in [0.15, 0.2) is 0 Å². The van der Waals surface area contributed by atoms with E-state index < -0.39 is 0 Å². The Bertz CT molecular complexity index is 291. The third-order valence-electron chi connectivity index (χ3n) is 2.83. The van der Waals surface area contributed by atoms with Crippen molar-refractivity contribution in [2.45, 2.75) is 39.0 Å². The first-order valence-corrected chi connectivity index (χ1v) is 5.21. The quantitative estimate of drug-likeness (QED) is 0.672. The first kappa shape index (κ1) is 8.74. The number of aromatic nitrogens is 1. The molecule has 0 aliphatic heterocycles. The predicted octanol–water partition coefficient (Wildman–Crippen LogP) is 3.16. The molecule has 1 aliphatic carbocycles. The molecule has 0 fully saturated rings. The summed E-state index contributed by atoms with van der Waals surface area (Å²) in [4.78, 5) is 4.49. The van der Waals surface area contributed by atoms with Gasteiger partial charge in [0.1, 0.15) is 0 Å².